The zero-order valence-corrected chi connectivity index (χ0v) is 14.2. The van der Waals surface area contributed by atoms with E-state index in [0.29, 0.717) is 6.04 Å². The Kier molecular flexibility index (Phi) is 3.91. The first-order valence-corrected chi connectivity index (χ1v) is 8.58. The summed E-state index contributed by atoms with van der Waals surface area (Å²) in [6.45, 7) is 0. The van der Waals surface area contributed by atoms with Crippen molar-refractivity contribution in [2.45, 2.75) is 25.3 Å². The van der Waals surface area contributed by atoms with Gasteiger partial charge in [-0.25, -0.2) is 4.98 Å². The van der Waals surface area contributed by atoms with Gasteiger partial charge in [-0.05, 0) is 81.5 Å². The third kappa shape index (κ3) is 2.58. The SMILES string of the molecule is Brc1ncccc1NC1CCCc2sc(I)cc21. The number of aromatic nitrogens is 1. The lowest BCUT2D eigenvalue weighted by Crippen LogP contribution is -2.16. The maximum atomic E-state index is 4.26. The minimum absolute atomic E-state index is 0.425. The lowest BCUT2D eigenvalue weighted by atomic mass is 9.94. The van der Waals surface area contributed by atoms with Crippen LogP contribution in [-0.2, 0) is 6.42 Å². The fourth-order valence-corrected chi connectivity index (χ4v) is 4.84. The normalized spacial score (nSPS) is 18.4. The van der Waals surface area contributed by atoms with Crippen molar-refractivity contribution in [2.24, 2.45) is 0 Å². The fraction of sp³-hybridized carbons (Fsp3) is 0.308. The van der Waals surface area contributed by atoms with Crippen LogP contribution < -0.4 is 5.32 Å². The molecule has 1 aliphatic carbocycles. The Morgan fingerprint density at radius 3 is 3.22 bits per heavy atom. The molecule has 0 saturated carbocycles. The van der Waals surface area contributed by atoms with E-state index >= 15 is 0 Å². The summed E-state index contributed by atoms with van der Waals surface area (Å²) < 4.78 is 2.28. The Hall–Kier alpha value is -0.140. The largest absolute Gasteiger partial charge is 0.376 e. The van der Waals surface area contributed by atoms with Crippen molar-refractivity contribution in [2.75, 3.05) is 5.32 Å². The van der Waals surface area contributed by atoms with Crippen molar-refractivity contribution >= 4 is 55.5 Å². The molecule has 2 aromatic rings. The number of fused-ring (bicyclic) bond motifs is 1. The molecular weight excluding hydrogens is 423 g/mol. The molecule has 2 heterocycles. The third-order valence-electron chi connectivity index (χ3n) is 3.17. The highest BCUT2D eigenvalue weighted by Gasteiger charge is 2.23. The predicted octanol–water partition coefficient (Wildman–Crippen LogP) is 5.00. The number of hydrogen-bond acceptors (Lipinski definition) is 3. The van der Waals surface area contributed by atoms with Crippen LogP contribution in [0.1, 0.15) is 29.3 Å². The van der Waals surface area contributed by atoms with Crippen LogP contribution in [0.25, 0.3) is 0 Å². The van der Waals surface area contributed by atoms with Gasteiger partial charge in [-0.1, -0.05) is 0 Å². The van der Waals surface area contributed by atoms with E-state index in [1.54, 1.807) is 11.1 Å². The average molecular weight is 435 g/mol. The molecule has 3 rings (SSSR count). The Morgan fingerprint density at radius 2 is 2.39 bits per heavy atom. The highest BCUT2D eigenvalue weighted by atomic mass is 127. The molecule has 0 aliphatic heterocycles. The van der Waals surface area contributed by atoms with Gasteiger partial charge in [0.2, 0.25) is 0 Å². The molecule has 0 fully saturated rings. The predicted molar refractivity (Wildman–Crippen MR) is 88.3 cm³/mol. The van der Waals surface area contributed by atoms with Crippen molar-refractivity contribution in [3.8, 4) is 0 Å². The van der Waals surface area contributed by atoms with Crippen LogP contribution in [0.4, 0.5) is 5.69 Å². The molecule has 0 saturated heterocycles. The van der Waals surface area contributed by atoms with Gasteiger partial charge in [0.25, 0.3) is 0 Å². The Morgan fingerprint density at radius 1 is 1.50 bits per heavy atom. The monoisotopic (exact) mass is 434 g/mol. The number of thiophene rings is 1. The molecule has 1 N–H and O–H groups in total. The van der Waals surface area contributed by atoms with Crippen LogP contribution in [0.5, 0.6) is 0 Å². The molecule has 0 radical (unpaired) electrons. The first-order chi connectivity index (χ1) is 8.74. The number of nitrogens with one attached hydrogen (secondary N) is 1. The van der Waals surface area contributed by atoms with Crippen LogP contribution >= 0.6 is 49.9 Å². The number of pyridine rings is 1. The highest BCUT2D eigenvalue weighted by molar-refractivity contribution is 14.1. The van der Waals surface area contributed by atoms with E-state index in [2.05, 4.69) is 61.0 Å². The molecule has 1 unspecified atom stereocenters. The first-order valence-electron chi connectivity index (χ1n) is 5.89. The standard InChI is InChI=1S/C13H12BrIN2S/c14-13-10(4-2-6-16-13)17-9-3-1-5-11-8(9)7-12(15)18-11/h2,4,6-7,9,17H,1,3,5H2. The molecule has 18 heavy (non-hydrogen) atoms. The summed E-state index contributed by atoms with van der Waals surface area (Å²) >= 11 is 7.84. The molecular formula is C13H12BrIN2S. The van der Waals surface area contributed by atoms with Gasteiger partial charge in [0, 0.05) is 11.1 Å². The number of halogens is 2. The number of rotatable bonds is 2. The molecule has 5 heteroatoms. The molecule has 0 amide bonds. The number of hydrogen-bond donors (Lipinski definition) is 1. The summed E-state index contributed by atoms with van der Waals surface area (Å²) in [4.78, 5) is 5.81. The molecule has 1 aliphatic rings. The number of aryl methyl sites for hydroxylation is 1. The van der Waals surface area contributed by atoms with E-state index in [1.807, 2.05) is 17.4 Å². The van der Waals surface area contributed by atoms with Crippen LogP contribution in [-0.4, -0.2) is 4.98 Å². The third-order valence-corrected chi connectivity index (χ3v) is 5.78. The fourth-order valence-electron chi connectivity index (χ4n) is 2.35. The van der Waals surface area contributed by atoms with E-state index < -0.39 is 0 Å². The minimum atomic E-state index is 0.425. The Balaban J connectivity index is 1.88. The van der Waals surface area contributed by atoms with Gasteiger partial charge in [0.05, 0.1) is 14.6 Å². The van der Waals surface area contributed by atoms with Crippen LogP contribution in [0, 0.1) is 2.88 Å². The average Bonchev–Trinajstić information content (AvgIpc) is 2.73. The minimum Gasteiger partial charge on any atom is -0.376 e. The van der Waals surface area contributed by atoms with Gasteiger partial charge in [-0.15, -0.1) is 11.3 Å². The molecule has 0 bridgehead atoms. The van der Waals surface area contributed by atoms with Crippen LogP contribution in [0.2, 0.25) is 0 Å². The van der Waals surface area contributed by atoms with Gasteiger partial charge in [0.15, 0.2) is 0 Å². The van der Waals surface area contributed by atoms with Crippen molar-refractivity contribution in [3.63, 3.8) is 0 Å². The second-order valence-corrected chi connectivity index (χ2v) is 8.14. The molecule has 2 nitrogen and oxygen atoms in total. The van der Waals surface area contributed by atoms with E-state index in [0.717, 1.165) is 10.3 Å². The summed E-state index contributed by atoms with van der Waals surface area (Å²) in [5.41, 5.74) is 2.56. The molecule has 1 atom stereocenters. The van der Waals surface area contributed by atoms with Gasteiger partial charge in [-0.2, -0.15) is 0 Å². The molecule has 0 spiro atoms. The summed E-state index contributed by atoms with van der Waals surface area (Å²) in [5.74, 6) is 0. The van der Waals surface area contributed by atoms with Gasteiger partial charge < -0.3 is 5.32 Å². The topological polar surface area (TPSA) is 24.9 Å². The van der Waals surface area contributed by atoms with Crippen LogP contribution in [0.3, 0.4) is 0 Å². The zero-order valence-electron chi connectivity index (χ0n) is 9.62. The van der Waals surface area contributed by atoms with E-state index in [4.69, 9.17) is 0 Å². The van der Waals surface area contributed by atoms with E-state index in [9.17, 15) is 0 Å². The molecule has 0 aromatic carbocycles. The highest BCUT2D eigenvalue weighted by Crippen LogP contribution is 2.38. The Labute approximate surface area is 132 Å². The van der Waals surface area contributed by atoms with Gasteiger partial charge in [-0.3, -0.25) is 0 Å². The second-order valence-electron chi connectivity index (χ2n) is 4.36. The quantitative estimate of drug-likeness (QED) is 0.531. The summed E-state index contributed by atoms with van der Waals surface area (Å²) in [6.07, 6.45) is 5.49. The maximum Gasteiger partial charge on any atom is 0.129 e. The van der Waals surface area contributed by atoms with E-state index in [-0.39, 0.29) is 0 Å². The molecule has 2 aromatic heterocycles. The van der Waals surface area contributed by atoms with Gasteiger partial charge >= 0.3 is 0 Å². The smallest absolute Gasteiger partial charge is 0.129 e. The summed E-state index contributed by atoms with van der Waals surface area (Å²) in [6, 6.07) is 6.78. The lowest BCUT2D eigenvalue weighted by molar-refractivity contribution is 0.608. The maximum absolute atomic E-state index is 4.26. The summed E-state index contributed by atoms with van der Waals surface area (Å²) in [7, 11) is 0. The zero-order chi connectivity index (χ0) is 12.5. The first kappa shape index (κ1) is 12.9. The second kappa shape index (κ2) is 5.46. The number of anilines is 1. The van der Waals surface area contributed by atoms with Crippen molar-refractivity contribution in [1.82, 2.24) is 4.98 Å². The number of nitrogens with zero attached hydrogens (tertiary/aromatic N) is 1. The Bertz CT molecular complexity index is 570. The lowest BCUT2D eigenvalue weighted by Gasteiger charge is -2.24. The van der Waals surface area contributed by atoms with Gasteiger partial charge in [0.1, 0.15) is 4.60 Å². The van der Waals surface area contributed by atoms with Crippen molar-refractivity contribution in [1.29, 1.82) is 0 Å². The summed E-state index contributed by atoms with van der Waals surface area (Å²) in [5, 5.41) is 3.61. The van der Waals surface area contributed by atoms with E-state index in [1.165, 1.54) is 27.7 Å². The molecule has 94 valence electrons. The van der Waals surface area contributed by atoms with Crippen LogP contribution in [0.15, 0.2) is 29.0 Å². The van der Waals surface area contributed by atoms with Crippen molar-refractivity contribution < 1.29 is 0 Å². The van der Waals surface area contributed by atoms with Crippen molar-refractivity contribution in [3.05, 3.63) is 42.3 Å².